The zero-order valence-corrected chi connectivity index (χ0v) is 14.3. The van der Waals surface area contributed by atoms with Crippen molar-refractivity contribution in [2.75, 3.05) is 6.54 Å². The molecule has 3 aromatic rings. The Kier molecular flexibility index (Phi) is 4.35. The summed E-state index contributed by atoms with van der Waals surface area (Å²) in [6.07, 6.45) is -2.12. The second-order valence-electron chi connectivity index (χ2n) is 6.56. The lowest BCUT2D eigenvalue weighted by molar-refractivity contribution is -0.137. The number of H-pyrrole nitrogens is 1. The summed E-state index contributed by atoms with van der Waals surface area (Å²) < 4.78 is 40.1. The molecule has 2 aromatic heterocycles. The molecule has 1 aliphatic rings. The lowest BCUT2D eigenvalue weighted by Crippen LogP contribution is -2.32. The van der Waals surface area contributed by atoms with Gasteiger partial charge in [-0.1, -0.05) is 24.3 Å². The highest BCUT2D eigenvalue weighted by Gasteiger charge is 2.30. The Morgan fingerprint density at radius 3 is 2.74 bits per heavy atom. The summed E-state index contributed by atoms with van der Waals surface area (Å²) in [5, 5.41) is 3.10. The summed E-state index contributed by atoms with van der Waals surface area (Å²) in [4.78, 5) is 18.9. The van der Waals surface area contributed by atoms with Gasteiger partial charge < -0.3 is 0 Å². The van der Waals surface area contributed by atoms with Crippen molar-refractivity contribution in [2.24, 2.45) is 0 Å². The summed E-state index contributed by atoms with van der Waals surface area (Å²) in [6.45, 7) is 1.41. The third-order valence-electron chi connectivity index (χ3n) is 4.67. The third kappa shape index (κ3) is 3.52. The molecule has 0 saturated heterocycles. The van der Waals surface area contributed by atoms with Gasteiger partial charge in [0, 0.05) is 37.9 Å². The molecule has 4 rings (SSSR count). The topological polar surface area (TPSA) is 53.9 Å². The van der Waals surface area contributed by atoms with E-state index in [1.165, 1.54) is 16.8 Å². The minimum absolute atomic E-state index is 0.169. The molecule has 0 unspecified atom stereocenters. The van der Waals surface area contributed by atoms with Crippen LogP contribution in [0.4, 0.5) is 13.2 Å². The highest BCUT2D eigenvalue weighted by atomic mass is 19.4. The van der Waals surface area contributed by atoms with Crippen LogP contribution in [0.2, 0.25) is 0 Å². The fourth-order valence-corrected chi connectivity index (χ4v) is 3.35. The average Bonchev–Trinajstić information content (AvgIpc) is 2.98. The number of rotatable bonds is 3. The molecule has 0 fully saturated rings. The summed E-state index contributed by atoms with van der Waals surface area (Å²) >= 11 is 0. The first-order valence-corrected chi connectivity index (χ1v) is 8.54. The van der Waals surface area contributed by atoms with E-state index in [4.69, 9.17) is 0 Å². The van der Waals surface area contributed by atoms with Gasteiger partial charge in [-0.3, -0.25) is 14.8 Å². The number of halogens is 3. The van der Waals surface area contributed by atoms with Gasteiger partial charge in [0.1, 0.15) is 0 Å². The number of alkyl halides is 3. The normalized spacial score (nSPS) is 14.9. The number of pyridine rings is 1. The van der Waals surface area contributed by atoms with Crippen LogP contribution in [0.15, 0.2) is 53.5 Å². The minimum Gasteiger partial charge on any atom is -0.294 e. The zero-order chi connectivity index (χ0) is 19.0. The molecule has 0 radical (unpaired) electrons. The van der Waals surface area contributed by atoms with Crippen LogP contribution in [0, 0.1) is 0 Å². The maximum atomic E-state index is 12.9. The van der Waals surface area contributed by atoms with Crippen molar-refractivity contribution in [3.8, 4) is 5.82 Å². The Balaban J connectivity index is 1.56. The van der Waals surface area contributed by atoms with Gasteiger partial charge in [-0.15, -0.1) is 0 Å². The van der Waals surface area contributed by atoms with Gasteiger partial charge in [0.15, 0.2) is 5.82 Å². The molecule has 0 aliphatic carbocycles. The van der Waals surface area contributed by atoms with Crippen molar-refractivity contribution < 1.29 is 13.2 Å². The van der Waals surface area contributed by atoms with Crippen molar-refractivity contribution in [3.05, 3.63) is 81.4 Å². The fourth-order valence-electron chi connectivity index (χ4n) is 3.35. The van der Waals surface area contributed by atoms with Crippen molar-refractivity contribution in [1.29, 1.82) is 0 Å². The molecule has 8 heteroatoms. The third-order valence-corrected chi connectivity index (χ3v) is 4.67. The molecular formula is C19H17F3N4O. The first kappa shape index (κ1) is 17.5. The second-order valence-corrected chi connectivity index (χ2v) is 6.56. The van der Waals surface area contributed by atoms with Crippen LogP contribution in [-0.2, 0) is 25.7 Å². The molecule has 0 amide bonds. The number of benzene rings is 1. The molecular weight excluding hydrogens is 357 g/mol. The van der Waals surface area contributed by atoms with Crippen LogP contribution < -0.4 is 5.56 Å². The van der Waals surface area contributed by atoms with Gasteiger partial charge in [-0.25, -0.2) is 9.67 Å². The number of hydrogen-bond acceptors (Lipinski definition) is 3. The molecule has 0 saturated carbocycles. The van der Waals surface area contributed by atoms with Crippen molar-refractivity contribution in [3.63, 3.8) is 0 Å². The predicted octanol–water partition coefficient (Wildman–Crippen LogP) is 3.14. The quantitative estimate of drug-likeness (QED) is 0.766. The highest BCUT2D eigenvalue weighted by molar-refractivity contribution is 5.29. The second kappa shape index (κ2) is 6.70. The van der Waals surface area contributed by atoms with E-state index in [2.05, 4.69) is 10.1 Å². The first-order valence-electron chi connectivity index (χ1n) is 8.54. The van der Waals surface area contributed by atoms with Crippen LogP contribution in [0.5, 0.6) is 0 Å². The lowest BCUT2D eigenvalue weighted by atomic mass is 10.1. The summed E-state index contributed by atoms with van der Waals surface area (Å²) in [6, 6.07) is 10.6. The summed E-state index contributed by atoms with van der Waals surface area (Å²) in [5.74, 6) is 0.515. The van der Waals surface area contributed by atoms with E-state index in [0.29, 0.717) is 43.0 Å². The SMILES string of the molecule is O=c1c2c([nH]n1-c1ccccn1)CCN(Cc1cccc(C(F)(F)F)c1)C2. The Bertz CT molecular complexity index is 1010. The van der Waals surface area contributed by atoms with Crippen LogP contribution in [0.1, 0.15) is 22.4 Å². The molecule has 0 bridgehead atoms. The molecule has 27 heavy (non-hydrogen) atoms. The van der Waals surface area contributed by atoms with Crippen molar-refractivity contribution in [1.82, 2.24) is 19.7 Å². The van der Waals surface area contributed by atoms with Gasteiger partial charge >= 0.3 is 6.18 Å². The van der Waals surface area contributed by atoms with E-state index in [9.17, 15) is 18.0 Å². The Morgan fingerprint density at radius 1 is 1.15 bits per heavy atom. The average molecular weight is 374 g/mol. The Morgan fingerprint density at radius 2 is 2.00 bits per heavy atom. The molecule has 140 valence electrons. The van der Waals surface area contributed by atoms with Crippen molar-refractivity contribution >= 4 is 0 Å². The van der Waals surface area contributed by atoms with E-state index in [-0.39, 0.29) is 5.56 Å². The molecule has 1 aliphatic heterocycles. The van der Waals surface area contributed by atoms with E-state index < -0.39 is 11.7 Å². The van der Waals surface area contributed by atoms with Gasteiger partial charge in [0.25, 0.3) is 5.56 Å². The predicted molar refractivity (Wildman–Crippen MR) is 93.4 cm³/mol. The maximum Gasteiger partial charge on any atom is 0.416 e. The van der Waals surface area contributed by atoms with Gasteiger partial charge in [-0.2, -0.15) is 13.2 Å². The fraction of sp³-hybridized carbons (Fsp3) is 0.263. The Labute approximate surface area is 153 Å². The summed E-state index contributed by atoms with van der Waals surface area (Å²) in [5.41, 5.74) is 1.24. The first-order chi connectivity index (χ1) is 12.9. The van der Waals surface area contributed by atoms with Gasteiger partial charge in [0.05, 0.1) is 11.1 Å². The maximum absolute atomic E-state index is 12.9. The number of hydrogen-bond donors (Lipinski definition) is 1. The van der Waals surface area contributed by atoms with Crippen LogP contribution in [-0.4, -0.2) is 26.2 Å². The molecule has 5 nitrogen and oxygen atoms in total. The molecule has 1 N–H and O–H groups in total. The lowest BCUT2D eigenvalue weighted by Gasteiger charge is -2.26. The standard InChI is InChI=1S/C19H17F3N4O/c20-19(21,22)14-5-3-4-13(10-14)11-25-9-7-16-15(12-25)18(27)26(24-16)17-6-1-2-8-23-17/h1-6,8,10,24H,7,9,11-12H2. The number of aromatic nitrogens is 3. The highest BCUT2D eigenvalue weighted by Crippen LogP contribution is 2.30. The Hall–Kier alpha value is -2.87. The number of aromatic amines is 1. The molecule has 0 atom stereocenters. The number of nitrogens with one attached hydrogen (secondary N) is 1. The van der Waals surface area contributed by atoms with Gasteiger partial charge in [-0.05, 0) is 23.8 Å². The van der Waals surface area contributed by atoms with Crippen molar-refractivity contribution in [2.45, 2.75) is 25.7 Å². The minimum atomic E-state index is -4.36. The van der Waals surface area contributed by atoms with Crippen LogP contribution in [0.25, 0.3) is 5.82 Å². The molecule has 1 aromatic carbocycles. The van der Waals surface area contributed by atoms with Crippen LogP contribution >= 0.6 is 0 Å². The number of nitrogens with zero attached hydrogens (tertiary/aromatic N) is 3. The van der Waals surface area contributed by atoms with E-state index in [0.717, 1.165) is 11.8 Å². The van der Waals surface area contributed by atoms with Gasteiger partial charge in [0.2, 0.25) is 0 Å². The number of fused-ring (bicyclic) bond motifs is 1. The summed E-state index contributed by atoms with van der Waals surface area (Å²) in [7, 11) is 0. The molecule has 3 heterocycles. The van der Waals surface area contributed by atoms with E-state index in [1.807, 2.05) is 4.90 Å². The van der Waals surface area contributed by atoms with E-state index in [1.54, 1.807) is 30.5 Å². The monoisotopic (exact) mass is 374 g/mol. The van der Waals surface area contributed by atoms with Crippen LogP contribution in [0.3, 0.4) is 0 Å². The zero-order valence-electron chi connectivity index (χ0n) is 14.3. The largest absolute Gasteiger partial charge is 0.416 e. The molecule has 0 spiro atoms. The van der Waals surface area contributed by atoms with E-state index >= 15 is 0 Å². The smallest absolute Gasteiger partial charge is 0.294 e.